The fraction of sp³-hybridized carbons (Fsp3) is 0.385. The normalized spacial score (nSPS) is 22.3. The van der Waals surface area contributed by atoms with Gasteiger partial charge in [-0.1, -0.05) is 42.5 Å². The van der Waals surface area contributed by atoms with Gasteiger partial charge >= 0.3 is 0 Å². The second-order valence-electron chi connectivity index (χ2n) is 3.91. The van der Waals surface area contributed by atoms with Crippen molar-refractivity contribution in [3.05, 3.63) is 48.0 Å². The maximum absolute atomic E-state index is 5.69. The third kappa shape index (κ3) is 2.46. The molecule has 1 aromatic carbocycles. The van der Waals surface area contributed by atoms with Gasteiger partial charge in [-0.3, -0.25) is 0 Å². The van der Waals surface area contributed by atoms with E-state index in [2.05, 4.69) is 30.8 Å². The molecule has 1 nitrogen and oxygen atoms in total. The first-order valence-corrected chi connectivity index (χ1v) is 5.17. The zero-order valence-electron chi connectivity index (χ0n) is 8.41. The largest absolute Gasteiger partial charge is 0.374 e. The number of ether oxygens (including phenoxy) is 1. The Kier molecular flexibility index (Phi) is 3.00. The molecule has 0 amide bonds. The molecule has 0 N–H and O–H groups in total. The first-order valence-electron chi connectivity index (χ1n) is 5.17. The van der Waals surface area contributed by atoms with E-state index in [0.29, 0.717) is 6.10 Å². The molecule has 1 atom stereocenters. The van der Waals surface area contributed by atoms with E-state index in [9.17, 15) is 0 Å². The van der Waals surface area contributed by atoms with Gasteiger partial charge < -0.3 is 4.74 Å². The summed E-state index contributed by atoms with van der Waals surface area (Å²) in [5.74, 6) is 0. The van der Waals surface area contributed by atoms with Gasteiger partial charge in [0.05, 0.1) is 12.7 Å². The molecule has 14 heavy (non-hydrogen) atoms. The van der Waals surface area contributed by atoms with Gasteiger partial charge in [-0.05, 0) is 24.8 Å². The van der Waals surface area contributed by atoms with Crippen molar-refractivity contribution in [3.8, 4) is 0 Å². The van der Waals surface area contributed by atoms with Crippen molar-refractivity contribution in [1.29, 1.82) is 0 Å². The van der Waals surface area contributed by atoms with Gasteiger partial charge in [0.2, 0.25) is 0 Å². The van der Waals surface area contributed by atoms with Crippen LogP contribution in [0.15, 0.2) is 42.5 Å². The SMILES string of the molecule is C=C1CCC(Cc2ccccc2)OC1. The molecule has 0 aromatic heterocycles. The van der Waals surface area contributed by atoms with E-state index in [-0.39, 0.29) is 0 Å². The van der Waals surface area contributed by atoms with Crippen LogP contribution in [0, 0.1) is 0 Å². The van der Waals surface area contributed by atoms with Gasteiger partial charge in [-0.2, -0.15) is 0 Å². The third-order valence-corrected chi connectivity index (χ3v) is 2.65. The molecule has 1 aliphatic heterocycles. The minimum absolute atomic E-state index is 0.392. The topological polar surface area (TPSA) is 9.23 Å². The van der Waals surface area contributed by atoms with Gasteiger partial charge in [0.15, 0.2) is 0 Å². The van der Waals surface area contributed by atoms with Crippen molar-refractivity contribution >= 4 is 0 Å². The van der Waals surface area contributed by atoms with Crippen molar-refractivity contribution in [2.75, 3.05) is 6.61 Å². The van der Waals surface area contributed by atoms with Crippen LogP contribution in [0.25, 0.3) is 0 Å². The minimum Gasteiger partial charge on any atom is -0.374 e. The smallest absolute Gasteiger partial charge is 0.0678 e. The zero-order chi connectivity index (χ0) is 9.80. The Bertz CT molecular complexity index is 292. The molecule has 1 saturated heterocycles. The highest BCUT2D eigenvalue weighted by Gasteiger charge is 2.15. The molecule has 1 heterocycles. The van der Waals surface area contributed by atoms with Crippen LogP contribution in [0.4, 0.5) is 0 Å². The lowest BCUT2D eigenvalue weighted by Gasteiger charge is -2.24. The molecule has 1 aromatic rings. The molecule has 0 spiro atoms. The summed E-state index contributed by atoms with van der Waals surface area (Å²) >= 11 is 0. The lowest BCUT2D eigenvalue weighted by molar-refractivity contribution is 0.0433. The maximum atomic E-state index is 5.69. The Morgan fingerprint density at radius 3 is 2.71 bits per heavy atom. The molecule has 1 fully saturated rings. The van der Waals surface area contributed by atoms with Gasteiger partial charge in [0, 0.05) is 0 Å². The molecule has 1 aliphatic rings. The zero-order valence-corrected chi connectivity index (χ0v) is 8.41. The Labute approximate surface area is 85.4 Å². The number of hydrogen-bond acceptors (Lipinski definition) is 1. The van der Waals surface area contributed by atoms with Crippen molar-refractivity contribution in [1.82, 2.24) is 0 Å². The highest BCUT2D eigenvalue weighted by molar-refractivity contribution is 5.16. The Morgan fingerprint density at radius 1 is 1.29 bits per heavy atom. The summed E-state index contributed by atoms with van der Waals surface area (Å²) in [4.78, 5) is 0. The number of hydrogen-bond donors (Lipinski definition) is 0. The fourth-order valence-corrected chi connectivity index (χ4v) is 1.79. The fourth-order valence-electron chi connectivity index (χ4n) is 1.79. The summed E-state index contributed by atoms with van der Waals surface area (Å²) in [7, 11) is 0. The van der Waals surface area contributed by atoms with Crippen molar-refractivity contribution in [2.45, 2.75) is 25.4 Å². The van der Waals surface area contributed by atoms with Crippen LogP contribution in [0.1, 0.15) is 18.4 Å². The maximum Gasteiger partial charge on any atom is 0.0678 e. The summed E-state index contributed by atoms with van der Waals surface area (Å²) in [6.07, 6.45) is 3.67. The van der Waals surface area contributed by atoms with E-state index in [0.717, 1.165) is 25.9 Å². The van der Waals surface area contributed by atoms with Crippen LogP contribution < -0.4 is 0 Å². The van der Waals surface area contributed by atoms with Crippen LogP contribution in [0.5, 0.6) is 0 Å². The molecule has 0 radical (unpaired) electrons. The predicted octanol–water partition coefficient (Wildman–Crippen LogP) is 2.96. The minimum atomic E-state index is 0.392. The second-order valence-corrected chi connectivity index (χ2v) is 3.91. The van der Waals surface area contributed by atoms with E-state index < -0.39 is 0 Å². The molecule has 2 rings (SSSR count). The predicted molar refractivity (Wildman–Crippen MR) is 58.3 cm³/mol. The van der Waals surface area contributed by atoms with E-state index in [1.165, 1.54) is 11.1 Å². The summed E-state index contributed by atoms with van der Waals surface area (Å²) in [5, 5.41) is 0. The lowest BCUT2D eigenvalue weighted by atomic mass is 10.00. The second kappa shape index (κ2) is 4.43. The first kappa shape index (κ1) is 9.47. The molecule has 0 aliphatic carbocycles. The van der Waals surface area contributed by atoms with Gasteiger partial charge in [-0.15, -0.1) is 0 Å². The van der Waals surface area contributed by atoms with E-state index >= 15 is 0 Å². The summed E-state index contributed by atoms with van der Waals surface area (Å²) in [6, 6.07) is 10.5. The molecular formula is C13H16O. The average molecular weight is 188 g/mol. The Morgan fingerprint density at radius 2 is 2.07 bits per heavy atom. The van der Waals surface area contributed by atoms with Crippen LogP contribution in [0.3, 0.4) is 0 Å². The summed E-state index contributed by atoms with van der Waals surface area (Å²) in [5.41, 5.74) is 2.60. The van der Waals surface area contributed by atoms with Crippen LogP contribution in [-0.4, -0.2) is 12.7 Å². The summed E-state index contributed by atoms with van der Waals surface area (Å²) in [6.45, 7) is 4.68. The van der Waals surface area contributed by atoms with E-state index in [1.807, 2.05) is 6.07 Å². The van der Waals surface area contributed by atoms with E-state index in [4.69, 9.17) is 4.74 Å². The number of benzene rings is 1. The van der Waals surface area contributed by atoms with Crippen molar-refractivity contribution < 1.29 is 4.74 Å². The Balaban J connectivity index is 1.89. The monoisotopic (exact) mass is 188 g/mol. The van der Waals surface area contributed by atoms with Crippen LogP contribution >= 0.6 is 0 Å². The third-order valence-electron chi connectivity index (χ3n) is 2.65. The lowest BCUT2D eigenvalue weighted by Crippen LogP contribution is -2.22. The molecule has 0 saturated carbocycles. The van der Waals surface area contributed by atoms with E-state index in [1.54, 1.807) is 0 Å². The number of rotatable bonds is 2. The summed E-state index contributed by atoms with van der Waals surface area (Å²) < 4.78 is 5.69. The molecule has 1 unspecified atom stereocenters. The van der Waals surface area contributed by atoms with Crippen LogP contribution in [0.2, 0.25) is 0 Å². The highest BCUT2D eigenvalue weighted by Crippen LogP contribution is 2.19. The van der Waals surface area contributed by atoms with Crippen LogP contribution in [-0.2, 0) is 11.2 Å². The molecule has 74 valence electrons. The van der Waals surface area contributed by atoms with Gasteiger partial charge in [0.25, 0.3) is 0 Å². The molecule has 0 bridgehead atoms. The van der Waals surface area contributed by atoms with Crippen molar-refractivity contribution in [3.63, 3.8) is 0 Å². The first-order chi connectivity index (χ1) is 6.84. The average Bonchev–Trinajstić information content (AvgIpc) is 2.23. The van der Waals surface area contributed by atoms with Gasteiger partial charge in [0.1, 0.15) is 0 Å². The molecule has 1 heteroatoms. The Hall–Kier alpha value is -1.08. The standard InChI is InChI=1S/C13H16O/c1-11-7-8-13(14-10-11)9-12-5-3-2-4-6-12/h2-6,13H,1,7-10H2. The highest BCUT2D eigenvalue weighted by atomic mass is 16.5. The van der Waals surface area contributed by atoms with Crippen molar-refractivity contribution in [2.24, 2.45) is 0 Å². The van der Waals surface area contributed by atoms with Gasteiger partial charge in [-0.25, -0.2) is 0 Å². The molecular weight excluding hydrogens is 172 g/mol. The quantitative estimate of drug-likeness (QED) is 0.648.